The number of benzene rings is 1. The van der Waals surface area contributed by atoms with Crippen LogP contribution in [0.1, 0.15) is 76.3 Å². The molecule has 1 atom stereocenters. The van der Waals surface area contributed by atoms with Crippen molar-refractivity contribution in [3.05, 3.63) is 29.6 Å². The third kappa shape index (κ3) is 6.91. The molecule has 1 aromatic carbocycles. The average Bonchev–Trinajstić information content (AvgIpc) is 2.49. The predicted molar refractivity (Wildman–Crippen MR) is 88.1 cm³/mol. The van der Waals surface area contributed by atoms with Gasteiger partial charge < -0.3 is 5.73 Å². The van der Waals surface area contributed by atoms with Crippen LogP contribution in [0.25, 0.3) is 0 Å². The first-order chi connectivity index (χ1) is 10.2. The topological polar surface area (TPSA) is 64.1 Å². The number of nitrogens with two attached hydrogens (primary N) is 2. The lowest BCUT2D eigenvalue weighted by Gasteiger charge is -2.18. The van der Waals surface area contributed by atoms with Crippen molar-refractivity contribution in [3.8, 4) is 0 Å². The molecular weight excluding hydrogens is 265 g/mol. The van der Waals surface area contributed by atoms with Crippen molar-refractivity contribution in [2.75, 3.05) is 5.73 Å². The van der Waals surface area contributed by atoms with Gasteiger partial charge >= 0.3 is 0 Å². The van der Waals surface area contributed by atoms with Crippen molar-refractivity contribution in [3.63, 3.8) is 0 Å². The second-order valence-corrected chi connectivity index (χ2v) is 5.76. The maximum Gasteiger partial charge on any atom is 0.123 e. The van der Waals surface area contributed by atoms with Gasteiger partial charge in [0.25, 0.3) is 0 Å². The first-order valence-corrected chi connectivity index (χ1v) is 8.20. The van der Waals surface area contributed by atoms with Crippen molar-refractivity contribution in [1.82, 2.24) is 5.43 Å². The quantitative estimate of drug-likeness (QED) is 0.245. The van der Waals surface area contributed by atoms with E-state index in [1.54, 1.807) is 6.07 Å². The number of hydrazine groups is 1. The van der Waals surface area contributed by atoms with Gasteiger partial charge in [-0.15, -0.1) is 0 Å². The van der Waals surface area contributed by atoms with Gasteiger partial charge in [-0.05, 0) is 30.2 Å². The summed E-state index contributed by atoms with van der Waals surface area (Å²) in [6, 6.07) is 4.39. The first-order valence-electron chi connectivity index (χ1n) is 8.20. The number of nitrogen functional groups attached to an aromatic ring is 1. The van der Waals surface area contributed by atoms with Gasteiger partial charge in [-0.25, -0.2) is 4.39 Å². The lowest BCUT2D eigenvalue weighted by Crippen LogP contribution is -2.28. The zero-order valence-electron chi connectivity index (χ0n) is 13.2. The molecule has 21 heavy (non-hydrogen) atoms. The van der Waals surface area contributed by atoms with Crippen LogP contribution in [0.4, 0.5) is 10.1 Å². The van der Waals surface area contributed by atoms with Gasteiger partial charge in [0.05, 0.1) is 0 Å². The lowest BCUT2D eigenvalue weighted by molar-refractivity contribution is 0.473. The van der Waals surface area contributed by atoms with Crippen LogP contribution in [0.2, 0.25) is 0 Å². The summed E-state index contributed by atoms with van der Waals surface area (Å²) in [6.45, 7) is 2.23. The van der Waals surface area contributed by atoms with E-state index in [9.17, 15) is 4.39 Å². The summed E-state index contributed by atoms with van der Waals surface area (Å²) in [5.74, 6) is 5.32. The number of halogens is 1. The maximum absolute atomic E-state index is 13.3. The molecule has 0 aliphatic heterocycles. The zero-order valence-corrected chi connectivity index (χ0v) is 13.2. The van der Waals surface area contributed by atoms with Crippen molar-refractivity contribution < 1.29 is 4.39 Å². The molecule has 1 unspecified atom stereocenters. The van der Waals surface area contributed by atoms with Crippen LogP contribution in [0.3, 0.4) is 0 Å². The minimum Gasteiger partial charge on any atom is -0.398 e. The average molecular weight is 295 g/mol. The fraction of sp³-hybridized carbons (Fsp3) is 0.647. The number of unbranched alkanes of at least 4 members (excludes halogenated alkanes) is 7. The monoisotopic (exact) mass is 295 g/mol. The van der Waals surface area contributed by atoms with E-state index in [4.69, 9.17) is 11.6 Å². The van der Waals surface area contributed by atoms with Crippen molar-refractivity contribution in [1.29, 1.82) is 0 Å². The molecule has 0 amide bonds. The Balaban J connectivity index is 2.27. The van der Waals surface area contributed by atoms with E-state index in [0.717, 1.165) is 18.4 Å². The second kappa shape index (κ2) is 10.6. The van der Waals surface area contributed by atoms with Gasteiger partial charge in [-0.3, -0.25) is 11.3 Å². The molecule has 0 aliphatic carbocycles. The number of hydrogen-bond donors (Lipinski definition) is 3. The lowest BCUT2D eigenvalue weighted by atomic mass is 9.98. The smallest absolute Gasteiger partial charge is 0.123 e. The van der Waals surface area contributed by atoms with E-state index in [0.29, 0.717) is 5.69 Å². The molecule has 5 N–H and O–H groups in total. The first kappa shape index (κ1) is 17.9. The number of nitrogens with one attached hydrogen (secondary N) is 1. The fourth-order valence-corrected chi connectivity index (χ4v) is 2.66. The van der Waals surface area contributed by atoms with Crippen LogP contribution in [0.15, 0.2) is 18.2 Å². The van der Waals surface area contributed by atoms with Crippen molar-refractivity contribution >= 4 is 5.69 Å². The van der Waals surface area contributed by atoms with Crippen LogP contribution < -0.4 is 17.0 Å². The summed E-state index contributed by atoms with van der Waals surface area (Å²) in [5.41, 5.74) is 10.0. The Morgan fingerprint density at radius 1 is 1.05 bits per heavy atom. The van der Waals surface area contributed by atoms with Crippen molar-refractivity contribution in [2.24, 2.45) is 5.84 Å². The molecule has 0 fully saturated rings. The van der Waals surface area contributed by atoms with Crippen LogP contribution in [-0.4, -0.2) is 0 Å². The summed E-state index contributed by atoms with van der Waals surface area (Å²) in [5, 5.41) is 0. The van der Waals surface area contributed by atoms with Gasteiger partial charge in [-0.1, -0.05) is 58.3 Å². The predicted octanol–water partition coefficient (Wildman–Crippen LogP) is 4.44. The SMILES string of the molecule is CCCCCCCCCCC(NN)c1cc(F)ccc1N. The molecule has 0 aromatic heterocycles. The minimum absolute atomic E-state index is 0.0687. The van der Waals surface area contributed by atoms with E-state index >= 15 is 0 Å². The summed E-state index contributed by atoms with van der Waals surface area (Å²) < 4.78 is 13.3. The van der Waals surface area contributed by atoms with E-state index in [2.05, 4.69) is 12.3 Å². The Morgan fingerprint density at radius 2 is 1.67 bits per heavy atom. The van der Waals surface area contributed by atoms with Gasteiger partial charge in [0.2, 0.25) is 0 Å². The Labute approximate surface area is 128 Å². The molecule has 0 radical (unpaired) electrons. The summed E-state index contributed by atoms with van der Waals surface area (Å²) in [7, 11) is 0. The molecule has 0 aliphatic rings. The van der Waals surface area contributed by atoms with Gasteiger partial charge in [-0.2, -0.15) is 0 Å². The highest BCUT2D eigenvalue weighted by Gasteiger charge is 2.13. The van der Waals surface area contributed by atoms with E-state index in [1.165, 1.54) is 57.1 Å². The maximum atomic E-state index is 13.3. The molecule has 1 aromatic rings. The molecule has 0 bridgehead atoms. The molecule has 0 spiro atoms. The Hall–Kier alpha value is -1.13. The third-order valence-electron chi connectivity index (χ3n) is 3.97. The molecule has 0 saturated carbocycles. The number of rotatable bonds is 11. The third-order valence-corrected chi connectivity index (χ3v) is 3.97. The Morgan fingerprint density at radius 3 is 2.29 bits per heavy atom. The minimum atomic E-state index is -0.268. The fourth-order valence-electron chi connectivity index (χ4n) is 2.66. The van der Waals surface area contributed by atoms with Crippen LogP contribution in [-0.2, 0) is 0 Å². The highest BCUT2D eigenvalue weighted by molar-refractivity contribution is 5.48. The molecule has 0 saturated heterocycles. The molecule has 120 valence electrons. The van der Waals surface area contributed by atoms with Gasteiger partial charge in [0.1, 0.15) is 5.82 Å². The number of hydrogen-bond acceptors (Lipinski definition) is 3. The standard InChI is InChI=1S/C17H30FN3/c1-2-3-4-5-6-7-8-9-10-17(21-20)15-13-14(18)11-12-16(15)19/h11-13,17,21H,2-10,19-20H2,1H3. The summed E-state index contributed by atoms with van der Waals surface area (Å²) in [6.07, 6.45) is 11.1. The van der Waals surface area contributed by atoms with Crippen LogP contribution in [0.5, 0.6) is 0 Å². The molecule has 0 heterocycles. The summed E-state index contributed by atoms with van der Waals surface area (Å²) in [4.78, 5) is 0. The zero-order chi connectivity index (χ0) is 15.5. The molecule has 1 rings (SSSR count). The Kier molecular flexibility index (Phi) is 9.02. The van der Waals surface area contributed by atoms with E-state index in [-0.39, 0.29) is 11.9 Å². The van der Waals surface area contributed by atoms with Gasteiger partial charge in [0, 0.05) is 11.7 Å². The Bertz CT molecular complexity index is 396. The second-order valence-electron chi connectivity index (χ2n) is 5.76. The highest BCUT2D eigenvalue weighted by atomic mass is 19.1. The summed E-state index contributed by atoms with van der Waals surface area (Å²) >= 11 is 0. The van der Waals surface area contributed by atoms with E-state index in [1.807, 2.05) is 0 Å². The molecule has 3 nitrogen and oxygen atoms in total. The molecule has 4 heteroatoms. The highest BCUT2D eigenvalue weighted by Crippen LogP contribution is 2.25. The van der Waals surface area contributed by atoms with E-state index < -0.39 is 0 Å². The van der Waals surface area contributed by atoms with Crippen LogP contribution in [0, 0.1) is 5.82 Å². The van der Waals surface area contributed by atoms with Crippen LogP contribution >= 0.6 is 0 Å². The molecular formula is C17H30FN3. The van der Waals surface area contributed by atoms with Gasteiger partial charge in [0.15, 0.2) is 0 Å². The normalized spacial score (nSPS) is 12.5. The number of anilines is 1. The van der Waals surface area contributed by atoms with Crippen molar-refractivity contribution in [2.45, 2.75) is 70.8 Å². The largest absolute Gasteiger partial charge is 0.398 e.